The number of halogens is 6. The van der Waals surface area contributed by atoms with Crippen LogP contribution >= 0.6 is 0 Å². The first-order valence-corrected chi connectivity index (χ1v) is 6.91. The van der Waals surface area contributed by atoms with E-state index in [4.69, 9.17) is 9.31 Å². The molecule has 0 saturated heterocycles. The van der Waals surface area contributed by atoms with Crippen LogP contribution in [0.1, 0.15) is 38.8 Å². The van der Waals surface area contributed by atoms with Crippen LogP contribution in [-0.4, -0.2) is 19.3 Å². The summed E-state index contributed by atoms with van der Waals surface area (Å²) < 4.78 is 87.9. The van der Waals surface area contributed by atoms with Gasteiger partial charge in [-0.3, -0.25) is 0 Å². The maximum atomic E-state index is 12.9. The summed E-state index contributed by atoms with van der Waals surface area (Å²) in [6.45, 7) is 6.42. The van der Waals surface area contributed by atoms with Gasteiger partial charge in [0, 0.05) is 12.2 Å². The minimum atomic E-state index is -4.91. The molecular formula is C14H17BF6O2. The van der Waals surface area contributed by atoms with Crippen LogP contribution in [0.2, 0.25) is 0 Å². The topological polar surface area (TPSA) is 18.5 Å². The average Bonchev–Trinajstić information content (AvgIpc) is 2.34. The Balaban J connectivity index is 3.41. The number of rotatable bonds is 5. The molecule has 0 amide bonds. The maximum absolute atomic E-state index is 12.9. The number of hydrogen-bond donors (Lipinski definition) is 0. The number of alkyl halides is 6. The summed E-state index contributed by atoms with van der Waals surface area (Å²) in [5, 5.41) is 0. The Morgan fingerprint density at radius 3 is 1.35 bits per heavy atom. The second-order valence-electron chi connectivity index (χ2n) is 5.54. The van der Waals surface area contributed by atoms with Crippen molar-refractivity contribution in [2.75, 3.05) is 0 Å². The lowest BCUT2D eigenvalue weighted by Crippen LogP contribution is -2.41. The fraction of sp³-hybridized carbons (Fsp3) is 0.571. The summed E-state index contributed by atoms with van der Waals surface area (Å²) in [5.74, 6) is 0. The van der Waals surface area contributed by atoms with Gasteiger partial charge in [-0.05, 0) is 39.2 Å². The molecule has 1 aromatic carbocycles. The van der Waals surface area contributed by atoms with E-state index >= 15 is 0 Å². The first-order chi connectivity index (χ1) is 10.3. The third-order valence-corrected chi connectivity index (χ3v) is 2.67. The molecule has 1 aromatic rings. The van der Waals surface area contributed by atoms with Gasteiger partial charge in [0.05, 0.1) is 11.1 Å². The largest absolute Gasteiger partial charge is 0.494 e. The molecule has 0 atom stereocenters. The minimum Gasteiger partial charge on any atom is -0.405 e. The van der Waals surface area contributed by atoms with Gasteiger partial charge in [-0.2, -0.15) is 26.3 Å². The molecule has 0 saturated carbocycles. The van der Waals surface area contributed by atoms with Crippen molar-refractivity contribution >= 4 is 12.6 Å². The van der Waals surface area contributed by atoms with Crippen molar-refractivity contribution < 1.29 is 35.7 Å². The number of benzene rings is 1. The molecule has 9 heteroatoms. The van der Waals surface area contributed by atoms with Gasteiger partial charge in [0.1, 0.15) is 0 Å². The van der Waals surface area contributed by atoms with Gasteiger partial charge in [-0.25, -0.2) is 0 Å². The molecule has 0 fully saturated rings. The van der Waals surface area contributed by atoms with Crippen molar-refractivity contribution in [1.82, 2.24) is 0 Å². The molecule has 0 N–H and O–H groups in total. The Labute approximate surface area is 130 Å². The van der Waals surface area contributed by atoms with E-state index in [0.29, 0.717) is 12.1 Å². The molecule has 0 heterocycles. The summed E-state index contributed by atoms with van der Waals surface area (Å²) in [4.78, 5) is 0. The summed E-state index contributed by atoms with van der Waals surface area (Å²) in [6, 6.07) is 1.31. The van der Waals surface area contributed by atoms with Crippen molar-refractivity contribution in [1.29, 1.82) is 0 Å². The molecule has 0 unspecified atom stereocenters. The monoisotopic (exact) mass is 342 g/mol. The molecule has 0 radical (unpaired) electrons. The SMILES string of the molecule is CC(C)OB(OC(C)C)c1cc(C(F)(F)F)cc(C(F)(F)F)c1. The fourth-order valence-corrected chi connectivity index (χ4v) is 1.80. The normalized spacial score (nSPS) is 13.0. The summed E-state index contributed by atoms with van der Waals surface area (Å²) in [7, 11) is -1.32. The average molecular weight is 342 g/mol. The molecule has 0 aliphatic carbocycles. The van der Waals surface area contributed by atoms with Gasteiger partial charge in [0.15, 0.2) is 0 Å². The molecule has 0 aliphatic heterocycles. The lowest BCUT2D eigenvalue weighted by molar-refractivity contribution is -0.142. The zero-order valence-electron chi connectivity index (χ0n) is 13.0. The predicted octanol–water partition coefficient (Wildman–Crippen LogP) is 4.27. The lowest BCUT2D eigenvalue weighted by Gasteiger charge is -2.22. The van der Waals surface area contributed by atoms with E-state index in [1.165, 1.54) is 0 Å². The highest BCUT2D eigenvalue weighted by Gasteiger charge is 2.39. The smallest absolute Gasteiger partial charge is 0.405 e. The van der Waals surface area contributed by atoms with E-state index in [0.717, 1.165) is 0 Å². The van der Waals surface area contributed by atoms with Gasteiger partial charge in [0.25, 0.3) is 0 Å². The van der Waals surface area contributed by atoms with E-state index in [2.05, 4.69) is 0 Å². The standard InChI is InChI=1S/C14H17BF6O2/c1-8(2)22-15(23-9(3)4)12-6-10(13(16,17)18)5-11(7-12)14(19,20)21/h5-9H,1-4H3. The molecule has 23 heavy (non-hydrogen) atoms. The third-order valence-electron chi connectivity index (χ3n) is 2.67. The Bertz CT molecular complexity index is 483. The molecule has 0 bridgehead atoms. The molecule has 0 aromatic heterocycles. The summed E-state index contributed by atoms with van der Waals surface area (Å²) in [5.41, 5.74) is -3.12. The van der Waals surface area contributed by atoms with Crippen molar-refractivity contribution in [3.8, 4) is 0 Å². The summed E-state index contributed by atoms with van der Waals surface area (Å²) in [6.07, 6.45) is -10.7. The maximum Gasteiger partial charge on any atom is 0.494 e. The van der Waals surface area contributed by atoms with Crippen LogP contribution in [0.15, 0.2) is 18.2 Å². The second-order valence-corrected chi connectivity index (χ2v) is 5.54. The molecule has 0 spiro atoms. The molecule has 130 valence electrons. The third kappa shape index (κ3) is 6.06. The van der Waals surface area contributed by atoms with E-state index in [1.54, 1.807) is 27.7 Å². The van der Waals surface area contributed by atoms with Crippen LogP contribution in [0.4, 0.5) is 26.3 Å². The van der Waals surface area contributed by atoms with Crippen LogP contribution in [0.5, 0.6) is 0 Å². The van der Waals surface area contributed by atoms with Crippen molar-refractivity contribution in [2.24, 2.45) is 0 Å². The van der Waals surface area contributed by atoms with E-state index in [-0.39, 0.29) is 11.5 Å². The minimum absolute atomic E-state index is 0.0747. The quantitative estimate of drug-likeness (QED) is 0.588. The first-order valence-electron chi connectivity index (χ1n) is 6.91. The highest BCUT2D eigenvalue weighted by atomic mass is 19.4. The zero-order valence-corrected chi connectivity index (χ0v) is 13.0. The highest BCUT2D eigenvalue weighted by Crippen LogP contribution is 2.34. The molecule has 1 rings (SSSR count). The van der Waals surface area contributed by atoms with Crippen molar-refractivity contribution in [3.63, 3.8) is 0 Å². The van der Waals surface area contributed by atoms with Crippen molar-refractivity contribution in [2.45, 2.75) is 52.3 Å². The van der Waals surface area contributed by atoms with Crippen LogP contribution < -0.4 is 5.46 Å². The summed E-state index contributed by atoms with van der Waals surface area (Å²) >= 11 is 0. The Morgan fingerprint density at radius 1 is 0.739 bits per heavy atom. The first kappa shape index (κ1) is 19.8. The molecule has 2 nitrogen and oxygen atoms in total. The van der Waals surface area contributed by atoms with E-state index in [9.17, 15) is 26.3 Å². The van der Waals surface area contributed by atoms with Gasteiger partial charge in [0.2, 0.25) is 0 Å². The zero-order chi connectivity index (χ0) is 18.0. The van der Waals surface area contributed by atoms with Gasteiger partial charge in [-0.15, -0.1) is 0 Å². The second kappa shape index (κ2) is 7.13. The Kier molecular flexibility index (Phi) is 6.15. The highest BCUT2D eigenvalue weighted by molar-refractivity contribution is 6.61. The Morgan fingerprint density at radius 2 is 1.09 bits per heavy atom. The van der Waals surface area contributed by atoms with Gasteiger partial charge in [-0.1, -0.05) is 12.1 Å². The van der Waals surface area contributed by atoms with Crippen LogP contribution in [0.25, 0.3) is 0 Å². The molecular weight excluding hydrogens is 325 g/mol. The molecule has 0 aliphatic rings. The van der Waals surface area contributed by atoms with Crippen LogP contribution in [0.3, 0.4) is 0 Å². The van der Waals surface area contributed by atoms with Crippen LogP contribution in [0, 0.1) is 0 Å². The Hall–Kier alpha value is -1.22. The van der Waals surface area contributed by atoms with Crippen LogP contribution in [-0.2, 0) is 21.7 Å². The predicted molar refractivity (Wildman–Crippen MR) is 74.3 cm³/mol. The van der Waals surface area contributed by atoms with Crippen molar-refractivity contribution in [3.05, 3.63) is 29.3 Å². The number of hydrogen-bond acceptors (Lipinski definition) is 2. The van der Waals surface area contributed by atoms with E-state index < -0.39 is 42.8 Å². The fourth-order valence-electron chi connectivity index (χ4n) is 1.80. The van der Waals surface area contributed by atoms with E-state index in [1.807, 2.05) is 0 Å². The van der Waals surface area contributed by atoms with Gasteiger partial charge >= 0.3 is 19.5 Å². The lowest BCUT2D eigenvalue weighted by atomic mass is 9.76. The van der Waals surface area contributed by atoms with Gasteiger partial charge < -0.3 is 9.31 Å².